The minimum Gasteiger partial charge on any atom is -0.381 e. The Kier molecular flexibility index (Phi) is 6.55. The van der Waals surface area contributed by atoms with Crippen LogP contribution in [-0.2, 0) is 16.1 Å². The Balaban J connectivity index is 1.23. The maximum atomic E-state index is 13.0. The predicted molar refractivity (Wildman–Crippen MR) is 126 cm³/mol. The molecular formula is C25H31N5O3. The molecule has 1 aromatic carbocycles. The molecule has 8 heteroatoms. The van der Waals surface area contributed by atoms with E-state index in [2.05, 4.69) is 27.6 Å². The summed E-state index contributed by atoms with van der Waals surface area (Å²) in [7, 11) is 0. The van der Waals surface area contributed by atoms with Gasteiger partial charge in [0.15, 0.2) is 11.5 Å². The number of nitrogens with zero attached hydrogens (tertiary/aromatic N) is 3. The lowest BCUT2D eigenvalue weighted by Crippen LogP contribution is -2.28. The van der Waals surface area contributed by atoms with Gasteiger partial charge in [-0.2, -0.15) is 5.10 Å². The fraction of sp³-hybridized carbons (Fsp3) is 0.480. The van der Waals surface area contributed by atoms with Gasteiger partial charge in [-0.05, 0) is 56.0 Å². The standard InChI is InChI=1S/C25H31N5O3/c1-2-32-16-17-3-5-18(6-4-17)25(31)30-12-9-19(15-30)22-8-7-21-23(28-29-24(21)27-22)26-20-10-13-33-14-11-20/h3-8,19-20H,2,9-16H2,1H3,(H2,26,27,28,29). The van der Waals surface area contributed by atoms with Crippen molar-refractivity contribution < 1.29 is 14.3 Å². The summed E-state index contributed by atoms with van der Waals surface area (Å²) in [5.41, 5.74) is 3.59. The Morgan fingerprint density at radius 1 is 1.18 bits per heavy atom. The number of ether oxygens (including phenoxy) is 2. The smallest absolute Gasteiger partial charge is 0.253 e. The van der Waals surface area contributed by atoms with Crippen molar-refractivity contribution in [3.63, 3.8) is 0 Å². The van der Waals surface area contributed by atoms with Crippen molar-refractivity contribution in [2.45, 2.75) is 44.8 Å². The van der Waals surface area contributed by atoms with Crippen LogP contribution in [0.1, 0.15) is 53.7 Å². The van der Waals surface area contributed by atoms with Crippen molar-refractivity contribution in [1.29, 1.82) is 0 Å². The Morgan fingerprint density at radius 3 is 2.79 bits per heavy atom. The van der Waals surface area contributed by atoms with Crippen LogP contribution in [0, 0.1) is 0 Å². The van der Waals surface area contributed by atoms with Crippen molar-refractivity contribution >= 4 is 22.8 Å². The maximum Gasteiger partial charge on any atom is 0.253 e. The van der Waals surface area contributed by atoms with Gasteiger partial charge in [0.1, 0.15) is 0 Å². The quantitative estimate of drug-likeness (QED) is 0.571. The van der Waals surface area contributed by atoms with E-state index >= 15 is 0 Å². The highest BCUT2D eigenvalue weighted by atomic mass is 16.5. The normalized spacial score (nSPS) is 19.3. The molecule has 2 aliphatic heterocycles. The fourth-order valence-corrected chi connectivity index (χ4v) is 4.62. The van der Waals surface area contributed by atoms with Gasteiger partial charge in [-0.25, -0.2) is 4.98 Å². The van der Waals surface area contributed by atoms with E-state index in [1.54, 1.807) is 0 Å². The molecule has 3 aromatic rings. The highest BCUT2D eigenvalue weighted by molar-refractivity contribution is 5.94. The Bertz CT molecular complexity index is 1090. The van der Waals surface area contributed by atoms with Gasteiger partial charge in [0.05, 0.1) is 12.0 Å². The molecule has 0 spiro atoms. The summed E-state index contributed by atoms with van der Waals surface area (Å²) in [4.78, 5) is 19.8. The van der Waals surface area contributed by atoms with E-state index in [1.807, 2.05) is 36.1 Å². The van der Waals surface area contributed by atoms with Crippen LogP contribution in [0.5, 0.6) is 0 Å². The van der Waals surface area contributed by atoms with Gasteiger partial charge in [-0.3, -0.25) is 9.89 Å². The number of benzene rings is 1. The van der Waals surface area contributed by atoms with Crippen molar-refractivity contribution in [3.8, 4) is 0 Å². The van der Waals surface area contributed by atoms with Crippen molar-refractivity contribution in [2.75, 3.05) is 38.2 Å². The summed E-state index contributed by atoms with van der Waals surface area (Å²) in [6, 6.07) is 12.3. The first-order valence-electron chi connectivity index (χ1n) is 11.9. The van der Waals surface area contributed by atoms with E-state index in [0.29, 0.717) is 25.8 Å². The number of likely N-dealkylation sites (tertiary alicyclic amines) is 1. The zero-order chi connectivity index (χ0) is 22.6. The van der Waals surface area contributed by atoms with Crippen LogP contribution < -0.4 is 5.32 Å². The van der Waals surface area contributed by atoms with Crippen LogP contribution in [0.25, 0.3) is 11.0 Å². The van der Waals surface area contributed by atoms with Crippen LogP contribution in [-0.4, -0.2) is 64.9 Å². The highest BCUT2D eigenvalue weighted by Crippen LogP contribution is 2.30. The zero-order valence-electron chi connectivity index (χ0n) is 19.0. The van der Waals surface area contributed by atoms with Gasteiger partial charge < -0.3 is 19.7 Å². The molecule has 2 fully saturated rings. The van der Waals surface area contributed by atoms with Crippen LogP contribution in [0.15, 0.2) is 36.4 Å². The number of anilines is 1. The second-order valence-corrected chi connectivity index (χ2v) is 8.81. The molecule has 33 heavy (non-hydrogen) atoms. The molecular weight excluding hydrogens is 418 g/mol. The summed E-state index contributed by atoms with van der Waals surface area (Å²) in [6.45, 7) is 6.23. The number of aromatic nitrogens is 3. The predicted octanol–water partition coefficient (Wildman–Crippen LogP) is 3.72. The largest absolute Gasteiger partial charge is 0.381 e. The van der Waals surface area contributed by atoms with Crippen molar-refractivity contribution in [2.24, 2.45) is 0 Å². The molecule has 8 nitrogen and oxygen atoms in total. The molecule has 5 rings (SSSR count). The monoisotopic (exact) mass is 449 g/mol. The zero-order valence-corrected chi connectivity index (χ0v) is 19.0. The van der Waals surface area contributed by atoms with Crippen LogP contribution in [0.2, 0.25) is 0 Å². The third kappa shape index (κ3) is 4.86. The van der Waals surface area contributed by atoms with Gasteiger partial charge in [0.25, 0.3) is 5.91 Å². The van der Waals surface area contributed by atoms with Gasteiger partial charge in [-0.1, -0.05) is 12.1 Å². The van der Waals surface area contributed by atoms with Gasteiger partial charge in [0, 0.05) is 56.1 Å². The summed E-state index contributed by atoms with van der Waals surface area (Å²) < 4.78 is 10.9. The first-order chi connectivity index (χ1) is 16.2. The minimum atomic E-state index is 0.0750. The summed E-state index contributed by atoms with van der Waals surface area (Å²) in [6.07, 6.45) is 2.89. The lowest BCUT2D eigenvalue weighted by atomic mass is 10.0. The van der Waals surface area contributed by atoms with E-state index in [9.17, 15) is 4.79 Å². The number of hydrogen-bond acceptors (Lipinski definition) is 6. The van der Waals surface area contributed by atoms with E-state index < -0.39 is 0 Å². The highest BCUT2D eigenvalue weighted by Gasteiger charge is 2.29. The van der Waals surface area contributed by atoms with Crippen LogP contribution >= 0.6 is 0 Å². The molecule has 2 aromatic heterocycles. The van der Waals surface area contributed by atoms with Crippen molar-refractivity contribution in [1.82, 2.24) is 20.1 Å². The molecule has 2 saturated heterocycles. The SMILES string of the molecule is CCOCc1ccc(C(=O)N2CCC(c3ccc4c(NC5CCOCC5)n[nH]c4n3)C2)cc1. The van der Waals surface area contributed by atoms with E-state index in [-0.39, 0.29) is 11.8 Å². The van der Waals surface area contributed by atoms with Gasteiger partial charge in [-0.15, -0.1) is 0 Å². The number of carbonyl (C=O) groups is 1. The number of rotatable bonds is 7. The molecule has 174 valence electrons. The molecule has 0 saturated carbocycles. The molecule has 4 heterocycles. The minimum absolute atomic E-state index is 0.0750. The molecule has 0 radical (unpaired) electrons. The second kappa shape index (κ2) is 9.89. The first-order valence-corrected chi connectivity index (χ1v) is 11.9. The fourth-order valence-electron chi connectivity index (χ4n) is 4.62. The van der Waals surface area contributed by atoms with E-state index in [4.69, 9.17) is 14.5 Å². The molecule has 1 unspecified atom stereocenters. The first kappa shape index (κ1) is 21.9. The van der Waals surface area contributed by atoms with E-state index in [0.717, 1.165) is 72.7 Å². The Morgan fingerprint density at radius 2 is 2.00 bits per heavy atom. The molecule has 1 amide bonds. The van der Waals surface area contributed by atoms with Crippen LogP contribution in [0.4, 0.5) is 5.82 Å². The average molecular weight is 450 g/mol. The summed E-state index contributed by atoms with van der Waals surface area (Å²) in [5, 5.41) is 12.1. The number of H-pyrrole nitrogens is 1. The lowest BCUT2D eigenvalue weighted by molar-refractivity contribution is 0.0790. The molecule has 2 N–H and O–H groups in total. The van der Waals surface area contributed by atoms with Crippen molar-refractivity contribution in [3.05, 3.63) is 53.2 Å². The number of aromatic amines is 1. The van der Waals surface area contributed by atoms with Crippen LogP contribution in [0.3, 0.4) is 0 Å². The third-order valence-corrected chi connectivity index (χ3v) is 6.58. The lowest BCUT2D eigenvalue weighted by Gasteiger charge is -2.23. The number of nitrogens with one attached hydrogen (secondary N) is 2. The molecule has 2 aliphatic rings. The average Bonchev–Trinajstić information content (AvgIpc) is 3.51. The van der Waals surface area contributed by atoms with Gasteiger partial charge >= 0.3 is 0 Å². The van der Waals surface area contributed by atoms with Gasteiger partial charge in [0.2, 0.25) is 0 Å². The summed E-state index contributed by atoms with van der Waals surface area (Å²) in [5.74, 6) is 1.16. The van der Waals surface area contributed by atoms with E-state index in [1.165, 1.54) is 0 Å². The number of fused-ring (bicyclic) bond motifs is 1. The Labute approximate surface area is 193 Å². The maximum absolute atomic E-state index is 13.0. The molecule has 0 bridgehead atoms. The molecule has 1 atom stereocenters. The number of carbonyl (C=O) groups excluding carboxylic acids is 1. The Hall–Kier alpha value is -2.97. The number of amides is 1. The molecule has 0 aliphatic carbocycles. The number of hydrogen-bond donors (Lipinski definition) is 2. The topological polar surface area (TPSA) is 92.4 Å². The second-order valence-electron chi connectivity index (χ2n) is 8.81. The summed E-state index contributed by atoms with van der Waals surface area (Å²) >= 11 is 0. The third-order valence-electron chi connectivity index (χ3n) is 6.58. The number of pyridine rings is 1.